The maximum atomic E-state index is 12.6. The second-order valence-electron chi connectivity index (χ2n) is 5.27. The van der Waals surface area contributed by atoms with Gasteiger partial charge in [-0.25, -0.2) is 0 Å². The molecule has 2 aromatic rings. The van der Waals surface area contributed by atoms with Crippen molar-refractivity contribution in [3.63, 3.8) is 0 Å². The van der Waals surface area contributed by atoms with E-state index in [0.717, 1.165) is 0 Å². The van der Waals surface area contributed by atoms with Gasteiger partial charge in [-0.1, -0.05) is 12.1 Å². The number of hydrogen-bond acceptors (Lipinski definition) is 4. The molecule has 0 atom stereocenters. The molecule has 20 heavy (non-hydrogen) atoms. The van der Waals surface area contributed by atoms with Crippen LogP contribution in [0, 0.1) is 0 Å². The van der Waals surface area contributed by atoms with Crippen molar-refractivity contribution in [2.75, 3.05) is 7.05 Å². The third-order valence-electron chi connectivity index (χ3n) is 3.31. The van der Waals surface area contributed by atoms with Gasteiger partial charge in [-0.3, -0.25) is 4.79 Å². The van der Waals surface area contributed by atoms with E-state index in [-0.39, 0.29) is 5.91 Å². The van der Waals surface area contributed by atoms with Crippen molar-refractivity contribution in [3.8, 4) is 0 Å². The number of aryl methyl sites for hydroxylation is 1. The van der Waals surface area contributed by atoms with E-state index in [1.54, 1.807) is 11.9 Å². The van der Waals surface area contributed by atoms with Crippen molar-refractivity contribution >= 4 is 5.91 Å². The van der Waals surface area contributed by atoms with Crippen LogP contribution in [0.2, 0.25) is 0 Å². The highest BCUT2D eigenvalue weighted by atomic mass is 16.5. The molecule has 0 N–H and O–H groups in total. The monoisotopic (exact) mass is 276 g/mol. The highest BCUT2D eigenvalue weighted by Gasteiger charge is 2.32. The molecular weight excluding hydrogens is 256 g/mol. The largest absolute Gasteiger partial charge is 0.340 e. The summed E-state index contributed by atoms with van der Waals surface area (Å²) in [5.41, 5.74) is -0.643. The van der Waals surface area contributed by atoms with Gasteiger partial charge in [0.2, 0.25) is 11.8 Å². The summed E-state index contributed by atoms with van der Waals surface area (Å²) in [5.74, 6) is 1.11. The molecule has 0 aliphatic carbocycles. The fourth-order valence-corrected chi connectivity index (χ4v) is 2.07. The Morgan fingerprint density at radius 2 is 2.05 bits per heavy atom. The quantitative estimate of drug-likeness (QED) is 0.835. The molecule has 2 aromatic heterocycles. The fourth-order valence-electron chi connectivity index (χ4n) is 2.07. The van der Waals surface area contributed by atoms with Crippen molar-refractivity contribution in [1.82, 2.24) is 19.6 Å². The van der Waals surface area contributed by atoms with Gasteiger partial charge in [0, 0.05) is 25.9 Å². The zero-order valence-electron chi connectivity index (χ0n) is 12.3. The number of hydrogen-bond donors (Lipinski definition) is 0. The van der Waals surface area contributed by atoms with Gasteiger partial charge in [-0.2, -0.15) is 4.98 Å². The van der Waals surface area contributed by atoms with E-state index in [9.17, 15) is 4.79 Å². The molecule has 2 rings (SSSR count). The van der Waals surface area contributed by atoms with Gasteiger partial charge in [-0.15, -0.1) is 0 Å². The Kier molecular flexibility index (Phi) is 3.92. The summed E-state index contributed by atoms with van der Waals surface area (Å²) in [7, 11) is 1.75. The summed E-state index contributed by atoms with van der Waals surface area (Å²) in [4.78, 5) is 18.4. The van der Waals surface area contributed by atoms with Gasteiger partial charge in [-0.05, 0) is 26.0 Å². The average molecular weight is 276 g/mol. The SMILES string of the molecule is CCc1nc(CN(C)C(=O)C(C)(C)n2cccc2)no1. The molecule has 0 aliphatic rings. The minimum Gasteiger partial charge on any atom is -0.340 e. The van der Waals surface area contributed by atoms with Crippen LogP contribution in [0.3, 0.4) is 0 Å². The third-order valence-corrected chi connectivity index (χ3v) is 3.31. The predicted octanol–water partition coefficient (Wildman–Crippen LogP) is 1.83. The van der Waals surface area contributed by atoms with Crippen LogP contribution < -0.4 is 0 Å². The zero-order valence-corrected chi connectivity index (χ0v) is 12.3. The molecule has 0 spiro atoms. The van der Waals surface area contributed by atoms with Crippen LogP contribution in [0.5, 0.6) is 0 Å². The van der Waals surface area contributed by atoms with Crippen molar-refractivity contribution in [3.05, 3.63) is 36.2 Å². The van der Waals surface area contributed by atoms with Gasteiger partial charge >= 0.3 is 0 Å². The highest BCUT2D eigenvalue weighted by molar-refractivity contribution is 5.83. The van der Waals surface area contributed by atoms with Gasteiger partial charge in [0.1, 0.15) is 5.54 Å². The van der Waals surface area contributed by atoms with Crippen molar-refractivity contribution < 1.29 is 9.32 Å². The van der Waals surface area contributed by atoms with Crippen LogP contribution in [0.4, 0.5) is 0 Å². The van der Waals surface area contributed by atoms with E-state index < -0.39 is 5.54 Å². The number of amides is 1. The number of carbonyl (C=O) groups excluding carboxylic acids is 1. The average Bonchev–Trinajstić information content (AvgIpc) is 3.08. The molecule has 1 amide bonds. The summed E-state index contributed by atoms with van der Waals surface area (Å²) in [6.07, 6.45) is 4.46. The van der Waals surface area contributed by atoms with E-state index in [4.69, 9.17) is 4.52 Å². The lowest BCUT2D eigenvalue weighted by Crippen LogP contribution is -2.44. The molecule has 0 unspecified atom stereocenters. The summed E-state index contributed by atoms with van der Waals surface area (Å²) >= 11 is 0. The Hall–Kier alpha value is -2.11. The highest BCUT2D eigenvalue weighted by Crippen LogP contribution is 2.19. The van der Waals surface area contributed by atoms with Crippen molar-refractivity contribution in [1.29, 1.82) is 0 Å². The van der Waals surface area contributed by atoms with Crippen LogP contribution in [-0.2, 0) is 23.3 Å². The second-order valence-corrected chi connectivity index (χ2v) is 5.27. The lowest BCUT2D eigenvalue weighted by molar-refractivity contribution is -0.138. The van der Waals surface area contributed by atoms with Crippen LogP contribution in [0.15, 0.2) is 29.0 Å². The summed E-state index contributed by atoms with van der Waals surface area (Å²) in [5, 5.41) is 3.87. The normalized spacial score (nSPS) is 11.6. The maximum Gasteiger partial charge on any atom is 0.248 e. The summed E-state index contributed by atoms with van der Waals surface area (Å²) < 4.78 is 6.94. The third kappa shape index (κ3) is 2.74. The first-order chi connectivity index (χ1) is 9.45. The first-order valence-corrected chi connectivity index (χ1v) is 6.65. The Balaban J connectivity index is 2.08. The van der Waals surface area contributed by atoms with Crippen LogP contribution in [0.1, 0.15) is 32.5 Å². The Bertz CT molecular complexity index is 572. The van der Waals surface area contributed by atoms with Gasteiger partial charge < -0.3 is 14.0 Å². The molecule has 0 radical (unpaired) electrons. The van der Waals surface area contributed by atoms with E-state index in [1.807, 2.05) is 49.9 Å². The number of rotatable bonds is 5. The maximum absolute atomic E-state index is 12.6. The van der Waals surface area contributed by atoms with E-state index in [2.05, 4.69) is 10.1 Å². The lowest BCUT2D eigenvalue weighted by Gasteiger charge is -2.30. The molecule has 0 fully saturated rings. The predicted molar refractivity (Wildman–Crippen MR) is 73.9 cm³/mol. The number of aromatic nitrogens is 3. The number of nitrogens with zero attached hydrogens (tertiary/aromatic N) is 4. The van der Waals surface area contributed by atoms with Gasteiger partial charge in [0.05, 0.1) is 6.54 Å². The van der Waals surface area contributed by atoms with E-state index in [0.29, 0.717) is 24.7 Å². The van der Waals surface area contributed by atoms with E-state index >= 15 is 0 Å². The summed E-state index contributed by atoms with van der Waals surface area (Å²) in [6, 6.07) is 3.81. The molecule has 0 saturated heterocycles. The fraction of sp³-hybridized carbons (Fsp3) is 0.500. The van der Waals surface area contributed by atoms with Crippen molar-refractivity contribution in [2.45, 2.75) is 39.3 Å². The molecule has 6 heteroatoms. The smallest absolute Gasteiger partial charge is 0.248 e. The Labute approximate surface area is 118 Å². The van der Waals surface area contributed by atoms with Crippen LogP contribution >= 0.6 is 0 Å². The lowest BCUT2D eigenvalue weighted by atomic mass is 10.0. The first kappa shape index (κ1) is 14.3. The van der Waals surface area contributed by atoms with Crippen LogP contribution in [-0.4, -0.2) is 32.6 Å². The molecule has 0 saturated carbocycles. The molecule has 0 aromatic carbocycles. The van der Waals surface area contributed by atoms with Gasteiger partial charge in [0.15, 0.2) is 5.82 Å². The topological polar surface area (TPSA) is 64.2 Å². The first-order valence-electron chi connectivity index (χ1n) is 6.65. The molecule has 108 valence electrons. The zero-order chi connectivity index (χ0) is 14.8. The molecule has 0 aliphatic heterocycles. The van der Waals surface area contributed by atoms with E-state index in [1.165, 1.54) is 0 Å². The molecule has 2 heterocycles. The molecule has 0 bridgehead atoms. The molecular formula is C14H20N4O2. The number of carbonyl (C=O) groups is 1. The molecule has 6 nitrogen and oxygen atoms in total. The van der Waals surface area contributed by atoms with Gasteiger partial charge in [0.25, 0.3) is 0 Å². The summed E-state index contributed by atoms with van der Waals surface area (Å²) in [6.45, 7) is 6.06. The van der Waals surface area contributed by atoms with Crippen LogP contribution in [0.25, 0.3) is 0 Å². The second kappa shape index (κ2) is 5.48. The minimum absolute atomic E-state index is 0.00320. The van der Waals surface area contributed by atoms with Crippen molar-refractivity contribution in [2.24, 2.45) is 0 Å². The standard InChI is InChI=1S/C14H20N4O2/c1-5-12-15-11(16-20-12)10-17(4)13(19)14(2,3)18-8-6-7-9-18/h6-9H,5,10H2,1-4H3. The number of likely N-dealkylation sites (N-methyl/N-ethyl adjacent to an activating group) is 1. The Morgan fingerprint density at radius 1 is 1.40 bits per heavy atom. The Morgan fingerprint density at radius 3 is 2.60 bits per heavy atom. The minimum atomic E-state index is -0.643.